The molecule has 3 heteroatoms. The third kappa shape index (κ3) is 1.91. The van der Waals surface area contributed by atoms with Crippen molar-refractivity contribution in [2.75, 3.05) is 0 Å². The van der Waals surface area contributed by atoms with Gasteiger partial charge in [-0.05, 0) is 79.6 Å². The van der Waals surface area contributed by atoms with E-state index in [1.54, 1.807) is 0 Å². The lowest BCUT2D eigenvalue weighted by molar-refractivity contribution is -0.116. The summed E-state index contributed by atoms with van der Waals surface area (Å²) in [6, 6.07) is 0. The van der Waals surface area contributed by atoms with E-state index in [-0.39, 0.29) is 17.3 Å². The maximum Gasteiger partial charge on any atom is 0.174 e. The first-order valence-electron chi connectivity index (χ1n) is 8.62. The minimum atomic E-state index is -0.100. The van der Waals surface area contributed by atoms with E-state index in [4.69, 9.17) is 11.6 Å². The number of rotatable bonds is 0. The maximum absolute atomic E-state index is 11.9. The van der Waals surface area contributed by atoms with E-state index in [1.807, 2.05) is 0 Å². The molecule has 0 bridgehead atoms. The monoisotopic (exact) mass is 308 g/mol. The van der Waals surface area contributed by atoms with E-state index in [0.29, 0.717) is 29.2 Å². The van der Waals surface area contributed by atoms with Crippen LogP contribution in [0.4, 0.5) is 0 Å². The smallest absolute Gasteiger partial charge is 0.174 e. The number of hydrogen-bond acceptors (Lipinski definition) is 2. The van der Waals surface area contributed by atoms with Gasteiger partial charge in [0.1, 0.15) is 0 Å². The number of halogens is 1. The van der Waals surface area contributed by atoms with Crippen molar-refractivity contribution < 1.29 is 9.90 Å². The van der Waals surface area contributed by atoms with E-state index >= 15 is 0 Å². The summed E-state index contributed by atoms with van der Waals surface area (Å²) in [6.45, 7) is 2.31. The molecule has 0 saturated heterocycles. The Hall–Kier alpha value is -0.340. The lowest BCUT2D eigenvalue weighted by Crippen LogP contribution is -2.47. The number of aliphatic hydroxyl groups is 1. The van der Waals surface area contributed by atoms with Gasteiger partial charge in [-0.25, -0.2) is 0 Å². The molecule has 0 amide bonds. The van der Waals surface area contributed by atoms with Gasteiger partial charge in [-0.3, -0.25) is 4.79 Å². The predicted molar refractivity (Wildman–Crippen MR) is 82.9 cm³/mol. The quantitative estimate of drug-likeness (QED) is 0.733. The van der Waals surface area contributed by atoms with Gasteiger partial charge in [0.25, 0.3) is 0 Å². The molecule has 6 atom stereocenters. The summed E-state index contributed by atoms with van der Waals surface area (Å²) in [5.41, 5.74) is 1.42. The minimum absolute atomic E-state index is 0.100. The van der Waals surface area contributed by atoms with Crippen LogP contribution in [0.1, 0.15) is 58.3 Å². The van der Waals surface area contributed by atoms with Crippen molar-refractivity contribution in [3.8, 4) is 0 Å². The largest absolute Gasteiger partial charge is 0.393 e. The van der Waals surface area contributed by atoms with Crippen molar-refractivity contribution in [3.05, 3.63) is 10.6 Å². The molecular formula is C18H25ClO2. The molecule has 0 radical (unpaired) electrons. The number of Topliss-reactive ketones (excluding diaryl/α,β-unsaturated/α-hetero) is 1. The van der Waals surface area contributed by atoms with Crippen LogP contribution in [0.25, 0.3) is 0 Å². The zero-order valence-electron chi connectivity index (χ0n) is 12.8. The molecule has 3 saturated carbocycles. The molecule has 4 aliphatic carbocycles. The van der Waals surface area contributed by atoms with Crippen LogP contribution in [0.3, 0.4) is 0 Å². The van der Waals surface area contributed by atoms with Crippen LogP contribution >= 0.6 is 11.6 Å². The van der Waals surface area contributed by atoms with Crippen LogP contribution in [0.5, 0.6) is 0 Å². The Kier molecular flexibility index (Phi) is 3.28. The summed E-state index contributed by atoms with van der Waals surface area (Å²) in [5, 5.41) is 11.0. The van der Waals surface area contributed by atoms with Crippen molar-refractivity contribution >= 4 is 17.4 Å². The van der Waals surface area contributed by atoms with Gasteiger partial charge in [-0.2, -0.15) is 0 Å². The van der Waals surface area contributed by atoms with Crippen LogP contribution in [0, 0.1) is 29.1 Å². The van der Waals surface area contributed by atoms with E-state index < -0.39 is 0 Å². The Morgan fingerprint density at radius 3 is 2.71 bits per heavy atom. The van der Waals surface area contributed by atoms with E-state index in [0.717, 1.165) is 31.6 Å². The Morgan fingerprint density at radius 1 is 1.10 bits per heavy atom. The van der Waals surface area contributed by atoms with Gasteiger partial charge >= 0.3 is 0 Å². The van der Waals surface area contributed by atoms with Crippen molar-refractivity contribution in [1.82, 2.24) is 0 Å². The topological polar surface area (TPSA) is 37.3 Å². The van der Waals surface area contributed by atoms with Gasteiger partial charge in [-0.15, -0.1) is 0 Å². The zero-order valence-corrected chi connectivity index (χ0v) is 13.5. The van der Waals surface area contributed by atoms with Crippen LogP contribution < -0.4 is 0 Å². The molecule has 0 aromatic carbocycles. The van der Waals surface area contributed by atoms with Gasteiger partial charge in [0.15, 0.2) is 5.78 Å². The molecule has 3 fully saturated rings. The molecule has 4 aliphatic rings. The normalized spacial score (nSPS) is 49.7. The Bertz CT molecular complexity index is 511. The fraction of sp³-hybridized carbons (Fsp3) is 0.833. The third-order valence-electron chi connectivity index (χ3n) is 7.36. The Balaban J connectivity index is 1.66. The zero-order chi connectivity index (χ0) is 14.8. The highest BCUT2D eigenvalue weighted by molar-refractivity contribution is 6.43. The van der Waals surface area contributed by atoms with Crippen molar-refractivity contribution in [1.29, 1.82) is 0 Å². The summed E-state index contributed by atoms with van der Waals surface area (Å²) in [5.74, 6) is 2.85. The maximum atomic E-state index is 11.9. The average molecular weight is 309 g/mol. The molecule has 0 aromatic heterocycles. The standard InChI is InChI=1S/C18H25ClO2/c1-18-9-8-11-10-4-6-15(20)17(19)13(10)3-2-12(11)14(18)5-7-16(18)21/h10-12,14,16,21H,2-9H2,1H3/t10-,11-,12-,14+,16?,18+/m1/s1. The lowest BCUT2D eigenvalue weighted by Gasteiger charge is -2.53. The average Bonchev–Trinajstić information content (AvgIpc) is 2.78. The first-order valence-corrected chi connectivity index (χ1v) is 9.00. The second-order valence-electron chi connectivity index (χ2n) is 8.02. The molecule has 0 aromatic rings. The van der Waals surface area contributed by atoms with Crippen molar-refractivity contribution in [2.45, 2.75) is 64.4 Å². The summed E-state index contributed by atoms with van der Waals surface area (Å²) in [7, 11) is 0. The number of hydrogen-bond donors (Lipinski definition) is 1. The molecule has 0 spiro atoms. The molecule has 2 nitrogen and oxygen atoms in total. The van der Waals surface area contributed by atoms with Crippen LogP contribution in [-0.2, 0) is 4.79 Å². The Morgan fingerprint density at radius 2 is 1.90 bits per heavy atom. The summed E-state index contributed by atoms with van der Waals surface area (Å²) in [4.78, 5) is 11.9. The van der Waals surface area contributed by atoms with E-state index in [2.05, 4.69) is 6.92 Å². The molecule has 21 heavy (non-hydrogen) atoms. The first kappa shape index (κ1) is 14.3. The fourth-order valence-electron chi connectivity index (χ4n) is 6.21. The number of allylic oxidation sites excluding steroid dienone is 1. The summed E-state index contributed by atoms with van der Waals surface area (Å²) < 4.78 is 0. The predicted octanol–water partition coefficient (Wildman–Crippen LogP) is 4.06. The number of aliphatic hydroxyl groups excluding tert-OH is 1. The number of fused-ring (bicyclic) bond motifs is 5. The molecular weight excluding hydrogens is 284 g/mol. The van der Waals surface area contributed by atoms with E-state index in [9.17, 15) is 9.90 Å². The van der Waals surface area contributed by atoms with Gasteiger partial charge in [0, 0.05) is 6.42 Å². The minimum Gasteiger partial charge on any atom is -0.393 e. The number of carbonyl (C=O) groups is 1. The lowest BCUT2D eigenvalue weighted by atomic mass is 9.52. The second kappa shape index (κ2) is 4.83. The number of carbonyl (C=O) groups excluding carboxylic acids is 1. The molecule has 1 N–H and O–H groups in total. The molecule has 0 heterocycles. The Labute approximate surface area is 131 Å². The van der Waals surface area contributed by atoms with Crippen LogP contribution in [0.2, 0.25) is 0 Å². The van der Waals surface area contributed by atoms with Gasteiger partial charge in [-0.1, -0.05) is 18.5 Å². The van der Waals surface area contributed by atoms with Crippen LogP contribution in [0.15, 0.2) is 10.6 Å². The van der Waals surface area contributed by atoms with Crippen molar-refractivity contribution in [2.24, 2.45) is 29.1 Å². The fourth-order valence-corrected chi connectivity index (χ4v) is 6.54. The van der Waals surface area contributed by atoms with Crippen molar-refractivity contribution in [3.63, 3.8) is 0 Å². The molecule has 4 rings (SSSR count). The SMILES string of the molecule is C[C@]12CC[C@H]3[C@@H](CCC4=C(Cl)C(=O)CC[C@@H]43)[C@@H]1CCC2O. The van der Waals surface area contributed by atoms with Gasteiger partial charge in [0.2, 0.25) is 0 Å². The molecule has 0 aliphatic heterocycles. The molecule has 1 unspecified atom stereocenters. The van der Waals surface area contributed by atoms with Crippen LogP contribution in [-0.4, -0.2) is 17.0 Å². The second-order valence-corrected chi connectivity index (χ2v) is 8.40. The first-order chi connectivity index (χ1) is 10.0. The molecule has 116 valence electrons. The van der Waals surface area contributed by atoms with E-state index in [1.165, 1.54) is 24.8 Å². The van der Waals surface area contributed by atoms with Gasteiger partial charge < -0.3 is 5.11 Å². The van der Waals surface area contributed by atoms with Gasteiger partial charge in [0.05, 0.1) is 11.1 Å². The summed E-state index contributed by atoms with van der Waals surface area (Å²) >= 11 is 6.32. The number of ketones is 1. The highest BCUT2D eigenvalue weighted by Gasteiger charge is 2.56. The third-order valence-corrected chi connectivity index (χ3v) is 7.82. The summed E-state index contributed by atoms with van der Waals surface area (Å²) in [6.07, 6.45) is 8.27. The highest BCUT2D eigenvalue weighted by Crippen LogP contribution is 2.62. The highest BCUT2D eigenvalue weighted by atomic mass is 35.5.